The summed E-state index contributed by atoms with van der Waals surface area (Å²) in [6.07, 6.45) is 1.41. The van der Waals surface area contributed by atoms with Crippen LogP contribution in [0.25, 0.3) is 6.08 Å². The summed E-state index contributed by atoms with van der Waals surface area (Å²) in [4.78, 5) is 25.1. The average molecular weight is 550 g/mol. The van der Waals surface area contributed by atoms with Gasteiger partial charge in [-0.15, -0.1) is 0 Å². The van der Waals surface area contributed by atoms with E-state index in [0.717, 1.165) is 0 Å². The lowest BCUT2D eigenvalue weighted by atomic mass is 10.1. The molecule has 0 radical (unpaired) electrons. The zero-order valence-corrected chi connectivity index (χ0v) is 21.3. The van der Waals surface area contributed by atoms with Crippen molar-refractivity contribution in [2.75, 3.05) is 31.0 Å². The van der Waals surface area contributed by atoms with Crippen LogP contribution in [0.2, 0.25) is 0 Å². The monoisotopic (exact) mass is 549 g/mol. The van der Waals surface area contributed by atoms with E-state index in [2.05, 4.69) is 26.6 Å². The third-order valence-corrected chi connectivity index (χ3v) is 5.29. The Balaban J connectivity index is 1.70. The number of rotatable bonds is 10. The molecule has 184 valence electrons. The molecule has 0 bridgehead atoms. The van der Waals surface area contributed by atoms with Crippen LogP contribution in [0, 0.1) is 11.3 Å². The second-order valence-corrected chi connectivity index (χ2v) is 8.24. The summed E-state index contributed by atoms with van der Waals surface area (Å²) >= 11 is 3.38. The number of ether oxygens (including phenoxy) is 3. The van der Waals surface area contributed by atoms with Crippen molar-refractivity contribution in [1.29, 1.82) is 5.26 Å². The molecule has 36 heavy (non-hydrogen) atoms. The van der Waals surface area contributed by atoms with E-state index in [1.54, 1.807) is 73.8 Å². The van der Waals surface area contributed by atoms with Gasteiger partial charge in [0.2, 0.25) is 0 Å². The van der Waals surface area contributed by atoms with Crippen LogP contribution in [0.4, 0.5) is 11.4 Å². The predicted octanol–water partition coefficient (Wildman–Crippen LogP) is 5.42. The van der Waals surface area contributed by atoms with Gasteiger partial charge in [0.05, 0.1) is 13.7 Å². The van der Waals surface area contributed by atoms with Crippen molar-refractivity contribution in [1.82, 2.24) is 0 Å². The van der Waals surface area contributed by atoms with Crippen LogP contribution in [0.5, 0.6) is 17.2 Å². The van der Waals surface area contributed by atoms with E-state index in [0.29, 0.717) is 45.3 Å². The second kappa shape index (κ2) is 13.0. The van der Waals surface area contributed by atoms with Crippen molar-refractivity contribution >= 4 is 45.2 Å². The maximum absolute atomic E-state index is 12.7. The summed E-state index contributed by atoms with van der Waals surface area (Å²) in [5, 5.41) is 15.0. The van der Waals surface area contributed by atoms with Crippen LogP contribution in [0.1, 0.15) is 12.5 Å². The fraction of sp³-hybridized carbons (Fsp3) is 0.148. The van der Waals surface area contributed by atoms with Crippen molar-refractivity contribution in [2.24, 2.45) is 0 Å². The van der Waals surface area contributed by atoms with Crippen molar-refractivity contribution in [3.8, 4) is 23.3 Å². The first-order valence-corrected chi connectivity index (χ1v) is 11.7. The van der Waals surface area contributed by atoms with E-state index in [1.165, 1.54) is 6.08 Å². The first-order chi connectivity index (χ1) is 17.4. The van der Waals surface area contributed by atoms with Gasteiger partial charge in [-0.2, -0.15) is 5.26 Å². The largest absolute Gasteiger partial charge is 0.497 e. The maximum Gasteiger partial charge on any atom is 0.266 e. The van der Waals surface area contributed by atoms with Crippen LogP contribution < -0.4 is 24.8 Å². The van der Waals surface area contributed by atoms with Gasteiger partial charge in [0.15, 0.2) is 6.61 Å². The van der Waals surface area contributed by atoms with Crippen molar-refractivity contribution in [3.63, 3.8) is 0 Å². The Morgan fingerprint density at radius 2 is 1.58 bits per heavy atom. The summed E-state index contributed by atoms with van der Waals surface area (Å²) in [5.74, 6) is 0.746. The number of halogens is 1. The lowest BCUT2D eigenvalue weighted by molar-refractivity contribution is -0.118. The van der Waals surface area contributed by atoms with Crippen LogP contribution in [-0.2, 0) is 9.59 Å². The van der Waals surface area contributed by atoms with Crippen LogP contribution in [0.3, 0.4) is 0 Å². The van der Waals surface area contributed by atoms with Gasteiger partial charge in [-0.3, -0.25) is 9.59 Å². The molecular weight excluding hydrogens is 526 g/mol. The van der Waals surface area contributed by atoms with Crippen molar-refractivity contribution < 1.29 is 23.8 Å². The highest BCUT2D eigenvalue weighted by Gasteiger charge is 2.13. The van der Waals surface area contributed by atoms with Gasteiger partial charge < -0.3 is 24.8 Å². The minimum Gasteiger partial charge on any atom is -0.497 e. The molecule has 0 atom stereocenters. The molecular formula is C27H24BrN3O5. The maximum atomic E-state index is 12.7. The van der Waals surface area contributed by atoms with E-state index < -0.39 is 5.91 Å². The Hall–Kier alpha value is -4.29. The summed E-state index contributed by atoms with van der Waals surface area (Å²) in [7, 11) is 1.56. The number of anilines is 2. The molecule has 0 aliphatic carbocycles. The van der Waals surface area contributed by atoms with E-state index in [9.17, 15) is 14.9 Å². The lowest BCUT2D eigenvalue weighted by Gasteiger charge is -2.11. The number of nitrogens with one attached hydrogen (secondary N) is 2. The number of amides is 2. The fourth-order valence-electron chi connectivity index (χ4n) is 3.08. The first-order valence-electron chi connectivity index (χ1n) is 10.9. The molecule has 0 fully saturated rings. The fourth-order valence-corrected chi connectivity index (χ4v) is 3.46. The third-order valence-electron chi connectivity index (χ3n) is 4.79. The number of benzene rings is 3. The number of carbonyl (C=O) groups excluding carboxylic acids is 2. The smallest absolute Gasteiger partial charge is 0.266 e. The molecule has 0 aliphatic rings. The number of methoxy groups -OCH3 is 1. The molecule has 3 aromatic carbocycles. The minimum absolute atomic E-state index is 0.130. The highest BCUT2D eigenvalue weighted by atomic mass is 79.9. The Morgan fingerprint density at radius 3 is 2.19 bits per heavy atom. The summed E-state index contributed by atoms with van der Waals surface area (Å²) in [6, 6.07) is 20.7. The van der Waals surface area contributed by atoms with Gasteiger partial charge in [0, 0.05) is 21.4 Å². The van der Waals surface area contributed by atoms with Crippen molar-refractivity contribution in [3.05, 3.63) is 82.3 Å². The van der Waals surface area contributed by atoms with Crippen molar-refractivity contribution in [2.45, 2.75) is 6.92 Å². The molecule has 3 aromatic rings. The summed E-state index contributed by atoms with van der Waals surface area (Å²) in [5.41, 5.74) is 1.44. The Bertz CT molecular complexity index is 1280. The molecule has 2 N–H and O–H groups in total. The van der Waals surface area contributed by atoms with Gasteiger partial charge in [0.25, 0.3) is 11.8 Å². The summed E-state index contributed by atoms with van der Waals surface area (Å²) < 4.78 is 16.9. The molecule has 2 amide bonds. The van der Waals surface area contributed by atoms with Gasteiger partial charge in [-0.25, -0.2) is 0 Å². The number of hydrogen-bond donors (Lipinski definition) is 2. The minimum atomic E-state index is -0.579. The van der Waals surface area contributed by atoms with E-state index in [-0.39, 0.29) is 18.1 Å². The van der Waals surface area contributed by atoms with Crippen LogP contribution >= 0.6 is 15.9 Å². The normalized spacial score (nSPS) is 10.7. The van der Waals surface area contributed by atoms with E-state index >= 15 is 0 Å². The highest BCUT2D eigenvalue weighted by molar-refractivity contribution is 9.10. The molecule has 0 saturated carbocycles. The third kappa shape index (κ3) is 7.61. The second-order valence-electron chi connectivity index (χ2n) is 7.33. The Kier molecular flexibility index (Phi) is 9.48. The molecule has 0 aromatic heterocycles. The van der Waals surface area contributed by atoms with Gasteiger partial charge in [0.1, 0.15) is 28.9 Å². The van der Waals surface area contributed by atoms with Crippen LogP contribution in [-0.4, -0.2) is 32.1 Å². The standard InChI is InChI=1S/C27H24BrN3O5/c1-3-35-24-11-7-22(8-12-24)31-27(33)19(16-29)14-18-15-20(28)4-13-25(18)36-17-26(32)30-21-5-9-23(34-2)10-6-21/h4-15H,3,17H2,1-2H3,(H,30,32)(H,31,33)/b19-14+. The number of nitriles is 1. The molecule has 8 nitrogen and oxygen atoms in total. The van der Waals surface area contributed by atoms with E-state index in [4.69, 9.17) is 14.2 Å². The zero-order valence-electron chi connectivity index (χ0n) is 19.7. The lowest BCUT2D eigenvalue weighted by Crippen LogP contribution is -2.20. The SMILES string of the molecule is CCOc1ccc(NC(=O)/C(C#N)=C/c2cc(Br)ccc2OCC(=O)Nc2ccc(OC)cc2)cc1. The van der Waals surface area contributed by atoms with Gasteiger partial charge >= 0.3 is 0 Å². The Morgan fingerprint density at radius 1 is 0.944 bits per heavy atom. The summed E-state index contributed by atoms with van der Waals surface area (Å²) in [6.45, 7) is 2.15. The molecule has 0 aliphatic heterocycles. The highest BCUT2D eigenvalue weighted by Crippen LogP contribution is 2.26. The number of nitrogens with zero attached hydrogens (tertiary/aromatic N) is 1. The molecule has 0 saturated heterocycles. The van der Waals surface area contributed by atoms with Crippen LogP contribution in [0.15, 0.2) is 76.8 Å². The number of hydrogen-bond acceptors (Lipinski definition) is 6. The van der Waals surface area contributed by atoms with Gasteiger partial charge in [-0.1, -0.05) is 15.9 Å². The molecule has 0 heterocycles. The topological polar surface area (TPSA) is 110 Å². The zero-order chi connectivity index (χ0) is 25.9. The molecule has 0 unspecified atom stereocenters. The van der Waals surface area contributed by atoms with E-state index in [1.807, 2.05) is 13.0 Å². The molecule has 9 heteroatoms. The average Bonchev–Trinajstić information content (AvgIpc) is 2.88. The molecule has 3 rings (SSSR count). The first kappa shape index (κ1) is 26.3. The van der Waals surface area contributed by atoms with Gasteiger partial charge in [-0.05, 0) is 79.7 Å². The number of carbonyl (C=O) groups is 2. The molecule has 0 spiro atoms. The Labute approximate surface area is 217 Å². The predicted molar refractivity (Wildman–Crippen MR) is 141 cm³/mol. The quantitative estimate of drug-likeness (QED) is 0.258.